The van der Waals surface area contributed by atoms with Gasteiger partial charge in [-0.05, 0) is 0 Å². The number of aryl methyl sites for hydroxylation is 1. The Morgan fingerprint density at radius 3 is 2.56 bits per heavy atom. The molecule has 98 valence electrons. The quantitative estimate of drug-likeness (QED) is 0.655. The van der Waals surface area contributed by atoms with Crippen molar-refractivity contribution >= 4 is 11.9 Å². The molecule has 0 aromatic carbocycles. The van der Waals surface area contributed by atoms with Crippen LogP contribution in [0.15, 0.2) is 21.9 Å². The zero-order chi connectivity index (χ0) is 13.9. The van der Waals surface area contributed by atoms with E-state index in [4.69, 9.17) is 5.11 Å². The van der Waals surface area contributed by atoms with Crippen molar-refractivity contribution in [1.82, 2.24) is 14.5 Å². The lowest BCUT2D eigenvalue weighted by Crippen LogP contribution is -2.48. The number of rotatable bonds is 4. The summed E-state index contributed by atoms with van der Waals surface area (Å²) in [6.07, 6.45) is 1.29. The van der Waals surface area contributed by atoms with Crippen molar-refractivity contribution in [3.8, 4) is 0 Å². The maximum absolute atomic E-state index is 11.7. The van der Waals surface area contributed by atoms with E-state index in [1.807, 2.05) is 0 Å². The molecule has 1 aromatic heterocycles. The number of carboxylic acids is 1. The van der Waals surface area contributed by atoms with E-state index in [1.165, 1.54) is 13.2 Å². The summed E-state index contributed by atoms with van der Waals surface area (Å²) in [5, 5.41) is 11.1. The highest BCUT2D eigenvalue weighted by molar-refractivity contribution is 5.81. The number of hydrogen-bond acceptors (Lipinski definition) is 4. The molecule has 8 nitrogen and oxygen atoms in total. The van der Waals surface area contributed by atoms with E-state index in [9.17, 15) is 19.2 Å². The number of nitrogens with one attached hydrogen (secondary N) is 1. The van der Waals surface area contributed by atoms with E-state index in [-0.39, 0.29) is 0 Å². The van der Waals surface area contributed by atoms with Gasteiger partial charge in [-0.15, -0.1) is 0 Å². The monoisotopic (exact) mass is 255 g/mol. The number of aliphatic carboxylic acids is 1. The smallest absolute Gasteiger partial charge is 0.330 e. The largest absolute Gasteiger partial charge is 0.480 e. The molecule has 0 saturated carbocycles. The van der Waals surface area contributed by atoms with Gasteiger partial charge in [0.05, 0.1) is 6.54 Å². The van der Waals surface area contributed by atoms with Gasteiger partial charge in [-0.25, -0.2) is 9.59 Å². The van der Waals surface area contributed by atoms with Crippen molar-refractivity contribution in [3.63, 3.8) is 0 Å². The fourth-order valence-corrected chi connectivity index (χ4v) is 1.40. The van der Waals surface area contributed by atoms with Crippen molar-refractivity contribution in [1.29, 1.82) is 0 Å². The van der Waals surface area contributed by atoms with Crippen LogP contribution in [0.25, 0.3) is 0 Å². The van der Waals surface area contributed by atoms with Crippen LogP contribution in [0.4, 0.5) is 0 Å². The first-order valence-corrected chi connectivity index (χ1v) is 5.09. The summed E-state index contributed by atoms with van der Waals surface area (Å²) in [5.74, 6) is -1.87. The number of aromatic nitrogens is 2. The molecule has 8 heteroatoms. The Morgan fingerprint density at radius 2 is 2.06 bits per heavy atom. The second kappa shape index (κ2) is 5.30. The second-order valence-electron chi connectivity index (χ2n) is 3.75. The van der Waals surface area contributed by atoms with Crippen molar-refractivity contribution in [2.45, 2.75) is 19.5 Å². The van der Waals surface area contributed by atoms with Gasteiger partial charge >= 0.3 is 11.7 Å². The maximum Gasteiger partial charge on any atom is 0.330 e. The molecule has 1 amide bonds. The number of hydrogen-bond donors (Lipinski definition) is 2. The molecule has 1 atom stereocenters. The van der Waals surface area contributed by atoms with Crippen LogP contribution in [0.3, 0.4) is 0 Å². The molecule has 1 heterocycles. The topological polar surface area (TPSA) is 110 Å². The molecular weight excluding hydrogens is 242 g/mol. The van der Waals surface area contributed by atoms with Crippen LogP contribution < -0.4 is 16.6 Å². The standard InChI is InChI=1S/C10H13N3O5/c1-6(14)11-7(9(16)17)5-13-8(15)3-4-12(2)10(13)18/h3-4,7H,5H2,1-2H3,(H,11,14)(H,16,17). The highest BCUT2D eigenvalue weighted by Gasteiger charge is 2.20. The normalized spacial score (nSPS) is 11.9. The third-order valence-corrected chi connectivity index (χ3v) is 2.28. The fourth-order valence-electron chi connectivity index (χ4n) is 1.40. The summed E-state index contributed by atoms with van der Waals surface area (Å²) in [5.41, 5.74) is -1.26. The Labute approximate surface area is 101 Å². The van der Waals surface area contributed by atoms with Gasteiger partial charge in [0.15, 0.2) is 0 Å². The Hall–Kier alpha value is -2.38. The van der Waals surface area contributed by atoms with Gasteiger partial charge in [0, 0.05) is 26.2 Å². The molecule has 1 aromatic rings. The molecule has 1 rings (SSSR count). The van der Waals surface area contributed by atoms with Gasteiger partial charge in [0.2, 0.25) is 5.91 Å². The summed E-state index contributed by atoms with van der Waals surface area (Å²) >= 11 is 0. The zero-order valence-corrected chi connectivity index (χ0v) is 9.91. The highest BCUT2D eigenvalue weighted by atomic mass is 16.4. The van der Waals surface area contributed by atoms with E-state index in [0.717, 1.165) is 22.1 Å². The zero-order valence-electron chi connectivity index (χ0n) is 9.91. The summed E-state index contributed by atoms with van der Waals surface area (Å²) in [6, 6.07) is -0.177. The van der Waals surface area contributed by atoms with Gasteiger partial charge in [-0.3, -0.25) is 14.2 Å². The van der Waals surface area contributed by atoms with Crippen LogP contribution >= 0.6 is 0 Å². The highest BCUT2D eigenvalue weighted by Crippen LogP contribution is 1.88. The van der Waals surface area contributed by atoms with E-state index >= 15 is 0 Å². The van der Waals surface area contributed by atoms with Crippen molar-refractivity contribution in [2.24, 2.45) is 7.05 Å². The van der Waals surface area contributed by atoms with E-state index in [0.29, 0.717) is 0 Å². The van der Waals surface area contributed by atoms with Gasteiger partial charge in [-0.2, -0.15) is 0 Å². The van der Waals surface area contributed by atoms with Gasteiger partial charge < -0.3 is 15.0 Å². The Kier molecular flexibility index (Phi) is 4.03. The third-order valence-electron chi connectivity index (χ3n) is 2.28. The lowest BCUT2D eigenvalue weighted by Gasteiger charge is -2.14. The van der Waals surface area contributed by atoms with Crippen molar-refractivity contribution in [2.75, 3.05) is 0 Å². The molecule has 0 aliphatic carbocycles. The van der Waals surface area contributed by atoms with Gasteiger partial charge in [0.1, 0.15) is 6.04 Å². The van der Waals surface area contributed by atoms with E-state index in [2.05, 4.69) is 5.32 Å². The second-order valence-corrected chi connectivity index (χ2v) is 3.75. The number of amides is 1. The minimum absolute atomic E-state index is 0.415. The number of carbonyl (C=O) groups excluding carboxylic acids is 1. The van der Waals surface area contributed by atoms with E-state index in [1.54, 1.807) is 0 Å². The predicted molar refractivity (Wildman–Crippen MR) is 61.2 cm³/mol. The van der Waals surface area contributed by atoms with Crippen LogP contribution in [0.1, 0.15) is 6.92 Å². The van der Waals surface area contributed by atoms with Crippen LogP contribution in [0.2, 0.25) is 0 Å². The minimum atomic E-state index is -1.32. The molecule has 1 unspecified atom stereocenters. The average molecular weight is 255 g/mol. The Balaban J connectivity index is 3.12. The number of carbonyl (C=O) groups is 2. The van der Waals surface area contributed by atoms with Crippen LogP contribution in [-0.2, 0) is 23.2 Å². The molecule has 0 aliphatic rings. The SMILES string of the molecule is CC(=O)NC(Cn1c(=O)ccn(C)c1=O)C(=O)O. The first-order chi connectivity index (χ1) is 8.32. The van der Waals surface area contributed by atoms with E-state index < -0.39 is 35.7 Å². The Morgan fingerprint density at radius 1 is 1.44 bits per heavy atom. The lowest BCUT2D eigenvalue weighted by atomic mass is 10.3. The molecule has 0 aliphatic heterocycles. The fraction of sp³-hybridized carbons (Fsp3) is 0.400. The summed E-state index contributed by atoms with van der Waals surface area (Å²) < 4.78 is 1.91. The molecule has 0 radical (unpaired) electrons. The molecule has 2 N–H and O–H groups in total. The molecule has 0 saturated heterocycles. The van der Waals surface area contributed by atoms with Gasteiger partial charge in [0.25, 0.3) is 5.56 Å². The lowest BCUT2D eigenvalue weighted by molar-refractivity contribution is -0.142. The summed E-state index contributed by atoms with van der Waals surface area (Å²) in [4.78, 5) is 44.9. The predicted octanol–water partition coefficient (Wildman–Crippen LogP) is -1.86. The van der Waals surface area contributed by atoms with Crippen molar-refractivity contribution < 1.29 is 14.7 Å². The third kappa shape index (κ3) is 3.06. The van der Waals surface area contributed by atoms with Crippen LogP contribution in [0, 0.1) is 0 Å². The molecular formula is C10H13N3O5. The van der Waals surface area contributed by atoms with Gasteiger partial charge in [-0.1, -0.05) is 0 Å². The molecule has 0 spiro atoms. The first-order valence-electron chi connectivity index (χ1n) is 5.09. The average Bonchev–Trinajstić information content (AvgIpc) is 2.27. The molecule has 0 bridgehead atoms. The van der Waals surface area contributed by atoms with Crippen molar-refractivity contribution in [3.05, 3.63) is 33.1 Å². The summed E-state index contributed by atoms with van der Waals surface area (Å²) in [7, 11) is 1.44. The number of nitrogens with zero attached hydrogens (tertiary/aromatic N) is 2. The maximum atomic E-state index is 11.7. The molecule has 0 fully saturated rings. The summed E-state index contributed by atoms with van der Waals surface area (Å²) in [6.45, 7) is 0.739. The number of carboxylic acid groups (broad SMARTS) is 1. The van der Waals surface area contributed by atoms with Crippen LogP contribution in [0.5, 0.6) is 0 Å². The first kappa shape index (κ1) is 13.7. The molecule has 18 heavy (non-hydrogen) atoms. The van der Waals surface area contributed by atoms with Crippen LogP contribution in [-0.4, -0.2) is 32.2 Å². The Bertz CT molecular complexity index is 586. The minimum Gasteiger partial charge on any atom is -0.480 e.